The maximum absolute atomic E-state index is 12.5. The normalized spacial score (nSPS) is 30.4. The predicted octanol–water partition coefficient (Wildman–Crippen LogP) is 0.452. The first-order valence-electron chi connectivity index (χ1n) is 8.20. The third kappa shape index (κ3) is 3.32. The Hall–Kier alpha value is -0.650. The van der Waals surface area contributed by atoms with E-state index in [2.05, 4.69) is 10.2 Å². The van der Waals surface area contributed by atoms with E-state index in [9.17, 15) is 4.79 Å². The highest BCUT2D eigenvalue weighted by Crippen LogP contribution is 2.24. The van der Waals surface area contributed by atoms with Crippen molar-refractivity contribution in [2.75, 3.05) is 45.9 Å². The van der Waals surface area contributed by atoms with Crippen molar-refractivity contribution in [2.24, 2.45) is 0 Å². The number of hydrogen-bond acceptors (Lipinski definition) is 4. The van der Waals surface area contributed by atoms with Gasteiger partial charge in [0.1, 0.15) is 6.10 Å². The Kier molecular flexibility index (Phi) is 4.91. The maximum atomic E-state index is 12.5. The van der Waals surface area contributed by atoms with E-state index in [4.69, 9.17) is 4.74 Å². The molecule has 5 heteroatoms. The molecule has 0 aromatic heterocycles. The van der Waals surface area contributed by atoms with Gasteiger partial charge in [-0.25, -0.2) is 0 Å². The molecule has 1 N–H and O–H groups in total. The quantitative estimate of drug-likeness (QED) is 0.798. The minimum atomic E-state index is -0.262. The highest BCUT2D eigenvalue weighted by molar-refractivity contribution is 5.81. The van der Waals surface area contributed by atoms with Gasteiger partial charge in [-0.1, -0.05) is 12.8 Å². The summed E-state index contributed by atoms with van der Waals surface area (Å²) in [5, 5.41) is 3.24. The molecule has 114 valence electrons. The van der Waals surface area contributed by atoms with E-state index in [1.807, 2.05) is 4.90 Å². The van der Waals surface area contributed by atoms with Gasteiger partial charge in [0.25, 0.3) is 5.91 Å². The van der Waals surface area contributed by atoms with Crippen LogP contribution >= 0.6 is 0 Å². The van der Waals surface area contributed by atoms with Crippen LogP contribution in [-0.2, 0) is 9.53 Å². The Balaban J connectivity index is 1.52. The van der Waals surface area contributed by atoms with E-state index in [1.165, 1.54) is 25.7 Å². The van der Waals surface area contributed by atoms with Crippen molar-refractivity contribution < 1.29 is 9.53 Å². The number of ether oxygens (including phenoxy) is 1. The Bertz CT molecular complexity index is 325. The molecule has 1 aliphatic carbocycles. The summed E-state index contributed by atoms with van der Waals surface area (Å²) in [6, 6.07) is 0.776. The van der Waals surface area contributed by atoms with Gasteiger partial charge in [-0.3, -0.25) is 9.69 Å². The SMILES string of the molecule is O=C([C@@H]1CNCCO1)N1CCCN(C2CCCC2)CC1. The van der Waals surface area contributed by atoms with Gasteiger partial charge in [0.05, 0.1) is 6.61 Å². The topological polar surface area (TPSA) is 44.8 Å². The average molecular weight is 281 g/mol. The summed E-state index contributed by atoms with van der Waals surface area (Å²) in [7, 11) is 0. The first-order valence-corrected chi connectivity index (χ1v) is 8.20. The molecule has 5 nitrogen and oxygen atoms in total. The first kappa shape index (κ1) is 14.3. The Morgan fingerprint density at radius 2 is 1.90 bits per heavy atom. The van der Waals surface area contributed by atoms with E-state index in [1.54, 1.807) is 0 Å². The van der Waals surface area contributed by atoms with Crippen molar-refractivity contribution in [3.8, 4) is 0 Å². The molecule has 3 fully saturated rings. The molecule has 0 unspecified atom stereocenters. The Morgan fingerprint density at radius 3 is 2.65 bits per heavy atom. The second kappa shape index (κ2) is 6.87. The summed E-state index contributed by atoms with van der Waals surface area (Å²) in [4.78, 5) is 17.1. The van der Waals surface area contributed by atoms with Gasteiger partial charge < -0.3 is 15.0 Å². The van der Waals surface area contributed by atoms with Crippen LogP contribution in [0.5, 0.6) is 0 Å². The molecule has 3 rings (SSSR count). The van der Waals surface area contributed by atoms with E-state index in [0.717, 1.165) is 45.2 Å². The van der Waals surface area contributed by atoms with Crippen molar-refractivity contribution in [3.05, 3.63) is 0 Å². The molecule has 1 atom stereocenters. The summed E-state index contributed by atoms with van der Waals surface area (Å²) in [5.74, 6) is 0.186. The highest BCUT2D eigenvalue weighted by atomic mass is 16.5. The monoisotopic (exact) mass is 281 g/mol. The van der Waals surface area contributed by atoms with Gasteiger partial charge in [-0.15, -0.1) is 0 Å². The largest absolute Gasteiger partial charge is 0.366 e. The molecule has 0 aromatic carbocycles. The Morgan fingerprint density at radius 1 is 1.05 bits per heavy atom. The number of nitrogens with one attached hydrogen (secondary N) is 1. The molecule has 2 aliphatic heterocycles. The van der Waals surface area contributed by atoms with Crippen molar-refractivity contribution in [1.29, 1.82) is 0 Å². The lowest BCUT2D eigenvalue weighted by Gasteiger charge is -2.30. The van der Waals surface area contributed by atoms with Crippen molar-refractivity contribution in [1.82, 2.24) is 15.1 Å². The summed E-state index contributed by atoms with van der Waals surface area (Å²) in [5.41, 5.74) is 0. The van der Waals surface area contributed by atoms with Gasteiger partial charge in [-0.05, 0) is 19.3 Å². The molecule has 2 saturated heterocycles. The number of nitrogens with zero attached hydrogens (tertiary/aromatic N) is 2. The molecule has 3 aliphatic rings. The van der Waals surface area contributed by atoms with Crippen LogP contribution in [0.15, 0.2) is 0 Å². The van der Waals surface area contributed by atoms with Crippen molar-refractivity contribution in [3.63, 3.8) is 0 Å². The standard InChI is InChI=1S/C15H27N3O2/c19-15(14-12-16-6-11-20-14)18-8-3-7-17(9-10-18)13-4-1-2-5-13/h13-14,16H,1-12H2/t14-/m0/s1. The molecule has 2 heterocycles. The number of carbonyl (C=O) groups excluding carboxylic acids is 1. The molecule has 0 aromatic rings. The molecule has 0 bridgehead atoms. The maximum Gasteiger partial charge on any atom is 0.253 e. The van der Waals surface area contributed by atoms with E-state index < -0.39 is 0 Å². The third-order valence-corrected chi connectivity index (χ3v) is 4.89. The number of carbonyl (C=O) groups is 1. The fourth-order valence-corrected chi connectivity index (χ4v) is 3.72. The van der Waals surface area contributed by atoms with E-state index >= 15 is 0 Å². The lowest BCUT2D eigenvalue weighted by atomic mass is 10.2. The van der Waals surface area contributed by atoms with Crippen LogP contribution in [0.4, 0.5) is 0 Å². The highest BCUT2D eigenvalue weighted by Gasteiger charge is 2.30. The molecule has 1 amide bonds. The second-order valence-corrected chi connectivity index (χ2v) is 6.22. The van der Waals surface area contributed by atoms with E-state index in [0.29, 0.717) is 13.2 Å². The van der Waals surface area contributed by atoms with Crippen LogP contribution in [0.2, 0.25) is 0 Å². The first-order chi connectivity index (χ1) is 9.84. The van der Waals surface area contributed by atoms with Gasteiger partial charge in [0, 0.05) is 45.3 Å². The van der Waals surface area contributed by atoms with Crippen LogP contribution in [0.25, 0.3) is 0 Å². The summed E-state index contributed by atoms with van der Waals surface area (Å²) < 4.78 is 5.59. The lowest BCUT2D eigenvalue weighted by Crippen LogP contribution is -2.50. The molecular formula is C15H27N3O2. The zero-order valence-corrected chi connectivity index (χ0v) is 12.4. The molecule has 0 radical (unpaired) electrons. The minimum Gasteiger partial charge on any atom is -0.366 e. The average Bonchev–Trinajstić information content (AvgIpc) is 2.92. The summed E-state index contributed by atoms with van der Waals surface area (Å²) >= 11 is 0. The smallest absolute Gasteiger partial charge is 0.253 e. The number of morpholine rings is 1. The number of hydrogen-bond donors (Lipinski definition) is 1. The fraction of sp³-hybridized carbons (Fsp3) is 0.933. The third-order valence-electron chi connectivity index (χ3n) is 4.89. The van der Waals surface area contributed by atoms with Gasteiger partial charge in [0.2, 0.25) is 0 Å². The summed E-state index contributed by atoms with van der Waals surface area (Å²) in [6.07, 6.45) is 6.30. The second-order valence-electron chi connectivity index (χ2n) is 6.22. The lowest BCUT2D eigenvalue weighted by molar-refractivity contribution is -0.145. The minimum absolute atomic E-state index is 0.186. The van der Waals surface area contributed by atoms with Crippen LogP contribution in [-0.4, -0.2) is 73.7 Å². The molecule has 20 heavy (non-hydrogen) atoms. The fourth-order valence-electron chi connectivity index (χ4n) is 3.72. The van der Waals surface area contributed by atoms with E-state index in [-0.39, 0.29) is 12.0 Å². The molecule has 0 spiro atoms. The van der Waals surface area contributed by atoms with Crippen molar-refractivity contribution in [2.45, 2.75) is 44.2 Å². The van der Waals surface area contributed by atoms with Crippen LogP contribution in [0.3, 0.4) is 0 Å². The molecule has 1 saturated carbocycles. The zero-order chi connectivity index (χ0) is 13.8. The summed E-state index contributed by atoms with van der Waals surface area (Å²) in [6.45, 7) is 6.13. The van der Waals surface area contributed by atoms with Gasteiger partial charge >= 0.3 is 0 Å². The van der Waals surface area contributed by atoms with Gasteiger partial charge in [0.15, 0.2) is 0 Å². The number of amides is 1. The van der Waals surface area contributed by atoms with Crippen LogP contribution in [0, 0.1) is 0 Å². The molecular weight excluding hydrogens is 254 g/mol. The Labute approximate surface area is 121 Å². The predicted molar refractivity (Wildman–Crippen MR) is 77.6 cm³/mol. The van der Waals surface area contributed by atoms with Crippen molar-refractivity contribution >= 4 is 5.91 Å². The zero-order valence-electron chi connectivity index (χ0n) is 12.4. The van der Waals surface area contributed by atoms with Gasteiger partial charge in [-0.2, -0.15) is 0 Å². The van der Waals surface area contributed by atoms with Crippen LogP contribution in [0.1, 0.15) is 32.1 Å². The van der Waals surface area contributed by atoms with Crippen LogP contribution < -0.4 is 5.32 Å². The number of rotatable bonds is 2.